The predicted octanol–water partition coefficient (Wildman–Crippen LogP) is 2.16. The van der Waals surface area contributed by atoms with Crippen LogP contribution in [0.3, 0.4) is 0 Å². The number of allylic oxidation sites excluding steroid dienone is 2. The fraction of sp³-hybridized carbons (Fsp3) is 0.731. The molecule has 1 saturated carbocycles. The third-order valence-electron chi connectivity index (χ3n) is 6.60. The van der Waals surface area contributed by atoms with E-state index in [0.29, 0.717) is 38.6 Å². The van der Waals surface area contributed by atoms with Crippen molar-refractivity contribution in [2.24, 2.45) is 16.8 Å². The Morgan fingerprint density at radius 2 is 1.87 bits per heavy atom. The molecule has 4 amide bonds. The zero-order chi connectivity index (χ0) is 29.4. The van der Waals surface area contributed by atoms with Crippen molar-refractivity contribution in [3.05, 3.63) is 12.2 Å². The summed E-state index contributed by atoms with van der Waals surface area (Å²) in [7, 11) is -1.07. The summed E-state index contributed by atoms with van der Waals surface area (Å²) in [6, 6.07) is -1.47. The molecule has 1 saturated heterocycles. The Hall–Kier alpha value is -2.80. The van der Waals surface area contributed by atoms with E-state index in [1.54, 1.807) is 20.8 Å². The molecule has 220 valence electrons. The van der Waals surface area contributed by atoms with E-state index in [2.05, 4.69) is 21.7 Å². The number of unbranched alkanes of at least 4 members (excludes halogenated alkanes) is 3. The number of nitrogens with zero attached hydrogens (tertiary/aromatic N) is 3. The number of carbonyl (C=O) groups is 4. The number of alkyl carbamates (subject to hydrolysis) is 1. The molecule has 1 heterocycles. The molecule has 4 atom stereocenters. The Kier molecular flexibility index (Phi) is 11.6. The lowest BCUT2D eigenvalue weighted by atomic mass is 10.0. The lowest BCUT2D eigenvalue weighted by molar-refractivity contribution is -0.139. The van der Waals surface area contributed by atoms with Crippen LogP contribution in [-0.4, -0.2) is 86.5 Å². The highest BCUT2D eigenvalue weighted by Crippen LogP contribution is 2.40. The van der Waals surface area contributed by atoms with Crippen molar-refractivity contribution < 1.29 is 32.3 Å². The normalized spacial score (nSPS) is 22.0. The summed E-state index contributed by atoms with van der Waals surface area (Å²) in [6.45, 7) is 8.93. The van der Waals surface area contributed by atoms with Gasteiger partial charge in [0, 0.05) is 26.6 Å². The van der Waals surface area contributed by atoms with Gasteiger partial charge >= 0.3 is 16.3 Å². The Bertz CT molecular complexity index is 1050. The van der Waals surface area contributed by atoms with Gasteiger partial charge in [-0.05, 0) is 71.9 Å². The molecule has 0 aromatic carbocycles. The smallest absolute Gasteiger partial charge is 0.408 e. The van der Waals surface area contributed by atoms with Crippen LogP contribution in [0, 0.1) is 11.8 Å². The van der Waals surface area contributed by atoms with E-state index < -0.39 is 45.8 Å². The van der Waals surface area contributed by atoms with Crippen LogP contribution in [0.4, 0.5) is 4.79 Å². The van der Waals surface area contributed by atoms with Crippen molar-refractivity contribution in [1.82, 2.24) is 19.2 Å². The standard InChI is InChI=1S/C26H43N5O7S/c1-26(2,3)38-25(35)28-20(24(34)31-16-12-15-21(31)23(33)27-4)14-11-9-7-8-10-13-18-17-19(18)22(32)29-39(36,37)30(5)6/h10,13,18-21H,4,7-9,11-12,14-17H2,1-3,5-6H3,(H,28,35)(H,29,32)/b13-10-/t18-,19+,20+,21+/m1/s1. The van der Waals surface area contributed by atoms with Crippen LogP contribution in [0.2, 0.25) is 0 Å². The fourth-order valence-corrected chi connectivity index (χ4v) is 4.97. The average Bonchev–Trinajstić information content (AvgIpc) is 3.44. The van der Waals surface area contributed by atoms with Gasteiger partial charge in [-0.15, -0.1) is 0 Å². The predicted molar refractivity (Wildman–Crippen MR) is 147 cm³/mol. The SMILES string of the molecule is C=NC(=O)[C@@H]1CCCN1C(=O)[C@H](CCCCC/C=C\[C@@H]1C[C@@H]1C(=O)NS(=O)(=O)N(C)C)NC(=O)OC(C)(C)C. The zero-order valence-electron chi connectivity index (χ0n) is 23.6. The highest BCUT2D eigenvalue weighted by Gasteiger charge is 2.42. The van der Waals surface area contributed by atoms with E-state index >= 15 is 0 Å². The molecule has 0 unspecified atom stereocenters. The number of hydrogen-bond acceptors (Lipinski definition) is 7. The van der Waals surface area contributed by atoms with Crippen molar-refractivity contribution in [2.75, 3.05) is 20.6 Å². The summed E-state index contributed by atoms with van der Waals surface area (Å²) in [4.78, 5) is 54.9. The Morgan fingerprint density at radius 1 is 1.18 bits per heavy atom. The molecule has 0 radical (unpaired) electrons. The molecule has 2 aliphatic rings. The second kappa shape index (κ2) is 14.0. The largest absolute Gasteiger partial charge is 0.444 e. The van der Waals surface area contributed by atoms with Crippen LogP contribution in [0.5, 0.6) is 0 Å². The number of ether oxygens (including phenoxy) is 1. The van der Waals surface area contributed by atoms with Gasteiger partial charge in [0.25, 0.3) is 5.91 Å². The van der Waals surface area contributed by atoms with Crippen LogP contribution >= 0.6 is 0 Å². The van der Waals surface area contributed by atoms with E-state index in [0.717, 1.165) is 23.6 Å². The molecule has 2 fully saturated rings. The van der Waals surface area contributed by atoms with Crippen LogP contribution in [0.25, 0.3) is 0 Å². The van der Waals surface area contributed by atoms with Crippen molar-refractivity contribution in [2.45, 2.75) is 89.8 Å². The first-order valence-corrected chi connectivity index (χ1v) is 14.8. The molecule has 12 nitrogen and oxygen atoms in total. The first kappa shape index (κ1) is 32.4. The molecule has 13 heteroatoms. The number of amides is 4. The summed E-state index contributed by atoms with van der Waals surface area (Å²) in [5.41, 5.74) is -0.717. The van der Waals surface area contributed by atoms with Gasteiger partial charge in [-0.2, -0.15) is 12.7 Å². The topological polar surface area (TPSA) is 155 Å². The molecule has 1 aliphatic heterocycles. The second-order valence-corrected chi connectivity index (χ2v) is 13.1. The molecule has 0 bridgehead atoms. The number of carbonyl (C=O) groups excluding carboxylic acids is 4. The minimum absolute atomic E-state index is 0.0311. The number of aliphatic imine (C=N–C) groups is 1. The number of hydrogen-bond donors (Lipinski definition) is 2. The lowest BCUT2D eigenvalue weighted by Crippen LogP contribution is -2.52. The quantitative estimate of drug-likeness (QED) is 0.196. The molecule has 0 spiro atoms. The summed E-state index contributed by atoms with van der Waals surface area (Å²) >= 11 is 0. The molecule has 0 aromatic rings. The van der Waals surface area contributed by atoms with E-state index in [4.69, 9.17) is 4.74 Å². The maximum atomic E-state index is 13.3. The summed E-state index contributed by atoms with van der Waals surface area (Å²) in [5.74, 6) is -1.56. The first-order chi connectivity index (χ1) is 18.2. The second-order valence-electron chi connectivity index (χ2n) is 11.2. The summed E-state index contributed by atoms with van der Waals surface area (Å²) < 4.78 is 31.9. The number of nitrogens with one attached hydrogen (secondary N) is 2. The van der Waals surface area contributed by atoms with Gasteiger partial charge in [0.15, 0.2) is 0 Å². The van der Waals surface area contributed by atoms with E-state index in [-0.39, 0.29) is 17.7 Å². The van der Waals surface area contributed by atoms with E-state index in [9.17, 15) is 27.6 Å². The van der Waals surface area contributed by atoms with Crippen molar-refractivity contribution in [1.29, 1.82) is 0 Å². The molecule has 2 rings (SSSR count). The Labute approximate surface area is 231 Å². The molecule has 0 aromatic heterocycles. The maximum absolute atomic E-state index is 13.3. The van der Waals surface area contributed by atoms with Gasteiger partial charge in [-0.3, -0.25) is 14.4 Å². The lowest BCUT2D eigenvalue weighted by Gasteiger charge is -2.28. The Morgan fingerprint density at radius 3 is 2.49 bits per heavy atom. The molecule has 39 heavy (non-hydrogen) atoms. The van der Waals surface area contributed by atoms with Crippen molar-refractivity contribution in [3.63, 3.8) is 0 Å². The van der Waals surface area contributed by atoms with Gasteiger partial charge < -0.3 is 15.0 Å². The highest BCUT2D eigenvalue weighted by atomic mass is 32.2. The third kappa shape index (κ3) is 10.4. The molecular formula is C26H43N5O7S. The minimum atomic E-state index is -3.78. The van der Waals surface area contributed by atoms with Gasteiger partial charge in [-0.1, -0.05) is 25.0 Å². The van der Waals surface area contributed by atoms with Gasteiger partial charge in [0.2, 0.25) is 11.8 Å². The van der Waals surface area contributed by atoms with Crippen LogP contribution < -0.4 is 10.0 Å². The minimum Gasteiger partial charge on any atom is -0.444 e. The van der Waals surface area contributed by atoms with Gasteiger partial charge in [-0.25, -0.2) is 14.5 Å². The summed E-state index contributed by atoms with van der Waals surface area (Å²) in [5, 5.41) is 2.68. The maximum Gasteiger partial charge on any atom is 0.408 e. The highest BCUT2D eigenvalue weighted by molar-refractivity contribution is 7.87. The van der Waals surface area contributed by atoms with Crippen LogP contribution in [0.1, 0.15) is 72.1 Å². The van der Waals surface area contributed by atoms with Crippen molar-refractivity contribution in [3.8, 4) is 0 Å². The monoisotopic (exact) mass is 569 g/mol. The third-order valence-corrected chi connectivity index (χ3v) is 8.02. The number of likely N-dealkylation sites (tertiary alicyclic amines) is 1. The van der Waals surface area contributed by atoms with E-state index in [1.807, 2.05) is 12.2 Å². The molecular weight excluding hydrogens is 526 g/mol. The zero-order valence-corrected chi connectivity index (χ0v) is 24.5. The Balaban J connectivity index is 1.82. The van der Waals surface area contributed by atoms with Gasteiger partial charge in [0.05, 0.1) is 0 Å². The fourth-order valence-electron chi connectivity index (χ4n) is 4.38. The van der Waals surface area contributed by atoms with E-state index in [1.165, 1.54) is 19.0 Å². The average molecular weight is 570 g/mol. The molecule has 1 aliphatic carbocycles. The van der Waals surface area contributed by atoms with Crippen LogP contribution in [0.15, 0.2) is 17.1 Å². The molecule has 2 N–H and O–H groups in total. The van der Waals surface area contributed by atoms with Gasteiger partial charge in [0.1, 0.15) is 17.7 Å². The number of rotatable bonds is 13. The summed E-state index contributed by atoms with van der Waals surface area (Å²) in [6.07, 6.45) is 8.54. The first-order valence-electron chi connectivity index (χ1n) is 13.4. The van der Waals surface area contributed by atoms with Crippen LogP contribution in [-0.2, 0) is 29.3 Å². The van der Waals surface area contributed by atoms with Crippen molar-refractivity contribution >= 4 is 40.7 Å².